The van der Waals surface area contributed by atoms with E-state index in [0.717, 1.165) is 10.8 Å². The van der Waals surface area contributed by atoms with Crippen molar-refractivity contribution in [1.82, 2.24) is 5.09 Å². The highest BCUT2D eigenvalue weighted by atomic mass is 31.1. The molecule has 5 nitrogen and oxygen atoms in total. The van der Waals surface area contributed by atoms with E-state index >= 15 is 0 Å². The first-order valence-electron chi connectivity index (χ1n) is 7.73. The summed E-state index contributed by atoms with van der Waals surface area (Å²) in [6, 6.07) is 12.9. The number of rotatable bonds is 8. The van der Waals surface area contributed by atoms with Crippen molar-refractivity contribution in [3.63, 3.8) is 0 Å². The summed E-state index contributed by atoms with van der Waals surface area (Å²) in [4.78, 5) is 0. The molecule has 0 heterocycles. The van der Waals surface area contributed by atoms with Gasteiger partial charge in [0.2, 0.25) is 0 Å². The Morgan fingerprint density at radius 3 is 2.57 bits per heavy atom. The molecule has 0 saturated carbocycles. The largest absolute Gasteiger partial charge is 0.434 e. The van der Waals surface area contributed by atoms with Crippen LogP contribution in [0.3, 0.4) is 0 Å². The normalized spacial score (nSPS) is 15.5. The average Bonchev–Trinajstić information content (AvgIpc) is 2.52. The Labute approximate surface area is 137 Å². The van der Waals surface area contributed by atoms with Gasteiger partial charge in [-0.1, -0.05) is 50.2 Å². The van der Waals surface area contributed by atoms with E-state index in [1.54, 1.807) is 13.0 Å². The van der Waals surface area contributed by atoms with Crippen molar-refractivity contribution in [2.75, 3.05) is 6.61 Å². The minimum Gasteiger partial charge on any atom is -0.434 e. The summed E-state index contributed by atoms with van der Waals surface area (Å²) in [6.45, 7) is 6.15. The molecule has 2 aromatic carbocycles. The Balaban J connectivity index is 1.96. The topological polar surface area (TPSA) is 67.8 Å². The van der Waals surface area contributed by atoms with Crippen LogP contribution in [0.15, 0.2) is 42.5 Å². The van der Waals surface area contributed by atoms with Crippen molar-refractivity contribution in [3.05, 3.63) is 42.5 Å². The van der Waals surface area contributed by atoms with Gasteiger partial charge in [0.15, 0.2) is 6.29 Å². The predicted octanol–water partition coefficient (Wildman–Crippen LogP) is 3.58. The molecule has 2 aromatic rings. The summed E-state index contributed by atoms with van der Waals surface area (Å²) in [5.41, 5.74) is 0. The third-order valence-electron chi connectivity index (χ3n) is 3.33. The lowest BCUT2D eigenvalue weighted by molar-refractivity contribution is -0.120. The van der Waals surface area contributed by atoms with Gasteiger partial charge in [-0.05, 0) is 24.3 Å². The van der Waals surface area contributed by atoms with E-state index in [9.17, 15) is 9.67 Å². The molecule has 0 radical (unpaired) electrons. The summed E-state index contributed by atoms with van der Waals surface area (Å²) >= 11 is 0. The van der Waals surface area contributed by atoms with Crippen LogP contribution in [0.1, 0.15) is 20.8 Å². The molecule has 3 atom stereocenters. The molecule has 0 saturated heterocycles. The van der Waals surface area contributed by atoms with E-state index in [1.807, 2.05) is 50.2 Å². The summed E-state index contributed by atoms with van der Waals surface area (Å²) in [6.07, 6.45) is -1.03. The molecule has 0 aliphatic rings. The van der Waals surface area contributed by atoms with E-state index < -0.39 is 20.5 Å². The highest BCUT2D eigenvalue weighted by molar-refractivity contribution is 7.37. The molecule has 23 heavy (non-hydrogen) atoms. The second kappa shape index (κ2) is 8.46. The summed E-state index contributed by atoms with van der Waals surface area (Å²) in [5, 5.41) is 14.6. The molecule has 6 heteroatoms. The van der Waals surface area contributed by atoms with Gasteiger partial charge in [0.1, 0.15) is 5.75 Å². The molecular weight excluding hydrogens is 313 g/mol. The molecule has 0 amide bonds. The molecule has 0 bridgehead atoms. The average molecular weight is 337 g/mol. The van der Waals surface area contributed by atoms with Crippen molar-refractivity contribution in [2.45, 2.75) is 33.1 Å². The smallest absolute Gasteiger partial charge is 0.305 e. The summed E-state index contributed by atoms with van der Waals surface area (Å²) in [7, 11) is -2.55. The number of aliphatic hydroxyl groups is 1. The van der Waals surface area contributed by atoms with Gasteiger partial charge in [0.25, 0.3) is 0 Å². The van der Waals surface area contributed by atoms with Crippen LogP contribution in [0.2, 0.25) is 0 Å². The third kappa shape index (κ3) is 5.33. The Kier molecular flexibility index (Phi) is 6.60. The van der Waals surface area contributed by atoms with Crippen LogP contribution >= 0.6 is 8.18 Å². The molecular formula is C17H24NO4P. The first-order chi connectivity index (χ1) is 11.0. The quantitative estimate of drug-likeness (QED) is 0.569. The van der Waals surface area contributed by atoms with Gasteiger partial charge in [-0.15, -0.1) is 0 Å². The summed E-state index contributed by atoms with van der Waals surface area (Å²) < 4.78 is 23.0. The van der Waals surface area contributed by atoms with E-state index in [-0.39, 0.29) is 0 Å². The summed E-state index contributed by atoms with van der Waals surface area (Å²) in [5.74, 6) is 0.880. The highest BCUT2D eigenvalue weighted by Gasteiger charge is 2.18. The highest BCUT2D eigenvalue weighted by Crippen LogP contribution is 2.31. The third-order valence-corrected chi connectivity index (χ3v) is 4.42. The van der Waals surface area contributed by atoms with Crippen LogP contribution in [0.25, 0.3) is 10.8 Å². The number of benzene rings is 2. The first-order valence-corrected chi connectivity index (χ1v) is 9.05. The molecule has 0 spiro atoms. The minimum atomic E-state index is -2.55. The predicted molar refractivity (Wildman–Crippen MR) is 93.0 cm³/mol. The number of hydrogen-bond donors (Lipinski definition) is 2. The first kappa shape index (κ1) is 18.0. The number of fused-ring (bicyclic) bond motifs is 1. The lowest BCUT2D eigenvalue weighted by atomic mass is 10.1. The van der Waals surface area contributed by atoms with E-state index in [2.05, 4.69) is 5.09 Å². The second-order valence-corrected chi connectivity index (χ2v) is 6.99. The second-order valence-electron chi connectivity index (χ2n) is 5.92. The van der Waals surface area contributed by atoms with Crippen molar-refractivity contribution >= 4 is 19.0 Å². The molecule has 2 rings (SSSR count). The molecule has 0 aromatic heterocycles. The molecule has 2 N–H and O–H groups in total. The van der Waals surface area contributed by atoms with Crippen molar-refractivity contribution in [3.8, 4) is 5.75 Å². The maximum atomic E-state index is 12.2. The van der Waals surface area contributed by atoms with Gasteiger partial charge < -0.3 is 14.4 Å². The maximum Gasteiger partial charge on any atom is 0.305 e. The van der Waals surface area contributed by atoms with E-state index in [4.69, 9.17) is 9.26 Å². The fourth-order valence-electron chi connectivity index (χ4n) is 2.11. The molecule has 126 valence electrons. The minimum absolute atomic E-state index is 0.320. The Bertz CT molecular complexity index is 657. The van der Waals surface area contributed by atoms with Crippen LogP contribution in [0.5, 0.6) is 5.75 Å². The SMILES string of the molecule is CC(C)COC(O)[C@H](C)N[PH](=O)Oc1cccc2ccccc12. The van der Waals surface area contributed by atoms with Gasteiger partial charge in [-0.2, -0.15) is 0 Å². The van der Waals surface area contributed by atoms with Gasteiger partial charge >= 0.3 is 8.18 Å². The van der Waals surface area contributed by atoms with Crippen LogP contribution in [0, 0.1) is 5.92 Å². The zero-order valence-corrected chi connectivity index (χ0v) is 14.7. The van der Waals surface area contributed by atoms with Gasteiger partial charge in [-0.3, -0.25) is 4.57 Å². The molecule has 0 aliphatic carbocycles. The number of nitrogens with one attached hydrogen (secondary N) is 1. The fourth-order valence-corrected chi connectivity index (χ4v) is 3.06. The maximum absolute atomic E-state index is 12.2. The van der Waals surface area contributed by atoms with Gasteiger partial charge in [0.05, 0.1) is 12.6 Å². The lowest BCUT2D eigenvalue weighted by Gasteiger charge is -2.21. The number of hydrogen-bond acceptors (Lipinski definition) is 4. The molecule has 2 unspecified atom stereocenters. The van der Waals surface area contributed by atoms with E-state index in [0.29, 0.717) is 18.3 Å². The lowest BCUT2D eigenvalue weighted by Crippen LogP contribution is -2.36. The monoisotopic (exact) mass is 337 g/mol. The van der Waals surface area contributed by atoms with Crippen molar-refractivity contribution < 1.29 is 18.9 Å². The van der Waals surface area contributed by atoms with Crippen molar-refractivity contribution in [1.29, 1.82) is 0 Å². The van der Waals surface area contributed by atoms with Crippen LogP contribution in [0.4, 0.5) is 0 Å². The fraction of sp³-hybridized carbons (Fsp3) is 0.412. The Morgan fingerprint density at radius 1 is 1.13 bits per heavy atom. The Morgan fingerprint density at radius 2 is 1.83 bits per heavy atom. The van der Waals surface area contributed by atoms with Crippen LogP contribution in [-0.4, -0.2) is 24.0 Å². The van der Waals surface area contributed by atoms with Gasteiger partial charge in [0, 0.05) is 5.39 Å². The number of aliphatic hydroxyl groups excluding tert-OH is 1. The zero-order valence-electron chi connectivity index (χ0n) is 13.7. The van der Waals surface area contributed by atoms with Crippen LogP contribution in [-0.2, 0) is 9.30 Å². The number of ether oxygens (including phenoxy) is 1. The molecule has 0 fully saturated rings. The van der Waals surface area contributed by atoms with E-state index in [1.165, 1.54) is 0 Å². The van der Waals surface area contributed by atoms with Crippen molar-refractivity contribution in [2.24, 2.45) is 5.92 Å². The van der Waals surface area contributed by atoms with Crippen LogP contribution < -0.4 is 9.61 Å². The molecule has 0 aliphatic heterocycles. The zero-order chi connectivity index (χ0) is 16.8. The Hall–Kier alpha value is -1.39. The standard InChI is InChI=1S/C17H24NO4P/c1-12(2)11-21-17(19)13(3)18-23(20)22-16-10-6-8-14-7-4-5-9-15(14)16/h4-10,12-13,17,19,23H,11H2,1-3H3,(H,18,20)/t13-,17?/m0/s1. The van der Waals surface area contributed by atoms with Gasteiger partial charge in [-0.25, -0.2) is 5.09 Å².